The second-order valence-electron chi connectivity index (χ2n) is 2.65. The molecule has 2 heterocycles. The molecule has 62 valence electrons. The normalized spacial score (nSPS) is 10.5. The summed E-state index contributed by atoms with van der Waals surface area (Å²) in [4.78, 5) is 0. The third-order valence-corrected chi connectivity index (χ3v) is 1.95. The maximum absolute atomic E-state index is 4.75. The predicted molar refractivity (Wildman–Crippen MR) is 43.4 cm³/mol. The van der Waals surface area contributed by atoms with Crippen LogP contribution in [-0.2, 0) is 7.05 Å². The van der Waals surface area contributed by atoms with Crippen LogP contribution in [-0.4, -0.2) is 14.9 Å². The van der Waals surface area contributed by atoms with Gasteiger partial charge in [0.05, 0.1) is 6.20 Å². The van der Waals surface area contributed by atoms with Gasteiger partial charge in [0, 0.05) is 24.4 Å². The number of hydrogen-bond donors (Lipinski definition) is 0. The molecule has 0 saturated heterocycles. The van der Waals surface area contributed by atoms with Crippen LogP contribution in [0.25, 0.3) is 11.3 Å². The molecule has 0 aliphatic heterocycles. The fourth-order valence-corrected chi connectivity index (χ4v) is 1.10. The van der Waals surface area contributed by atoms with Crippen LogP contribution in [0.4, 0.5) is 0 Å². The summed E-state index contributed by atoms with van der Waals surface area (Å²) >= 11 is 0. The Kier molecular flexibility index (Phi) is 1.46. The van der Waals surface area contributed by atoms with Gasteiger partial charge in [-0.25, -0.2) is 0 Å². The molecule has 0 N–H and O–H groups in total. The summed E-state index contributed by atoms with van der Waals surface area (Å²) in [6.45, 7) is 2.00. The summed E-state index contributed by atoms with van der Waals surface area (Å²) < 4.78 is 6.56. The quantitative estimate of drug-likeness (QED) is 0.638. The molecule has 0 bridgehead atoms. The largest absolute Gasteiger partial charge is 0.364 e. The second-order valence-corrected chi connectivity index (χ2v) is 2.65. The van der Waals surface area contributed by atoms with Crippen molar-refractivity contribution in [3.05, 3.63) is 24.2 Å². The number of aromatic nitrogens is 3. The lowest BCUT2D eigenvalue weighted by Crippen LogP contribution is -1.92. The van der Waals surface area contributed by atoms with E-state index >= 15 is 0 Å². The highest BCUT2D eigenvalue weighted by atomic mass is 16.5. The van der Waals surface area contributed by atoms with Gasteiger partial charge in [-0.05, 0) is 6.92 Å². The van der Waals surface area contributed by atoms with Crippen molar-refractivity contribution in [2.75, 3.05) is 0 Å². The van der Waals surface area contributed by atoms with Crippen molar-refractivity contribution in [3.63, 3.8) is 0 Å². The fourth-order valence-electron chi connectivity index (χ4n) is 1.10. The molecule has 0 aliphatic carbocycles. The lowest BCUT2D eigenvalue weighted by Gasteiger charge is -1.94. The Bertz CT molecular complexity index is 375. The Morgan fingerprint density at radius 2 is 2.33 bits per heavy atom. The molecule has 0 fully saturated rings. The fraction of sp³-hybridized carbons (Fsp3) is 0.250. The zero-order valence-electron chi connectivity index (χ0n) is 6.98. The van der Waals surface area contributed by atoms with E-state index in [1.807, 2.05) is 24.7 Å². The van der Waals surface area contributed by atoms with Gasteiger partial charge in [-0.1, -0.05) is 5.16 Å². The number of nitrogens with zero attached hydrogens (tertiary/aromatic N) is 3. The Labute approximate surface area is 69.8 Å². The van der Waals surface area contributed by atoms with E-state index in [9.17, 15) is 0 Å². The molecular formula is C8H9N3O. The van der Waals surface area contributed by atoms with Crippen LogP contribution in [0.3, 0.4) is 0 Å². The minimum Gasteiger partial charge on any atom is -0.364 e. The molecule has 4 nitrogen and oxygen atoms in total. The first-order valence-corrected chi connectivity index (χ1v) is 3.68. The van der Waals surface area contributed by atoms with Gasteiger partial charge in [-0.3, -0.25) is 4.68 Å². The third kappa shape index (κ3) is 0.922. The highest BCUT2D eigenvalue weighted by Crippen LogP contribution is 2.19. The van der Waals surface area contributed by atoms with E-state index < -0.39 is 0 Å². The van der Waals surface area contributed by atoms with Crippen LogP contribution in [0.5, 0.6) is 0 Å². The maximum atomic E-state index is 4.75. The lowest BCUT2D eigenvalue weighted by atomic mass is 10.2. The molecule has 0 aromatic carbocycles. The van der Waals surface area contributed by atoms with Gasteiger partial charge in [-0.15, -0.1) is 0 Å². The Hall–Kier alpha value is -1.58. The Balaban J connectivity index is 2.55. The SMILES string of the molecule is Cc1c(-c2ccon2)cnn1C. The molecule has 2 aromatic heterocycles. The van der Waals surface area contributed by atoms with Crippen LogP contribution in [0.1, 0.15) is 5.69 Å². The Morgan fingerprint density at radius 1 is 1.50 bits per heavy atom. The van der Waals surface area contributed by atoms with E-state index in [0.717, 1.165) is 17.0 Å². The van der Waals surface area contributed by atoms with E-state index in [0.29, 0.717) is 0 Å². The third-order valence-electron chi connectivity index (χ3n) is 1.95. The summed E-state index contributed by atoms with van der Waals surface area (Å²) in [7, 11) is 1.90. The van der Waals surface area contributed by atoms with Crippen molar-refractivity contribution in [1.29, 1.82) is 0 Å². The standard InChI is InChI=1S/C8H9N3O/c1-6-7(5-9-11(6)2)8-3-4-12-10-8/h3-5H,1-2H3. The molecule has 12 heavy (non-hydrogen) atoms. The highest BCUT2D eigenvalue weighted by molar-refractivity contribution is 5.59. The summed E-state index contributed by atoms with van der Waals surface area (Å²) in [5, 5.41) is 7.94. The number of hydrogen-bond acceptors (Lipinski definition) is 3. The highest BCUT2D eigenvalue weighted by Gasteiger charge is 2.07. The summed E-state index contributed by atoms with van der Waals surface area (Å²) in [6.07, 6.45) is 3.34. The average Bonchev–Trinajstić information content (AvgIpc) is 2.64. The van der Waals surface area contributed by atoms with Gasteiger partial charge in [0.25, 0.3) is 0 Å². The van der Waals surface area contributed by atoms with Crippen LogP contribution in [0.2, 0.25) is 0 Å². The predicted octanol–water partition coefficient (Wildman–Crippen LogP) is 1.38. The minimum atomic E-state index is 0.834. The van der Waals surface area contributed by atoms with Gasteiger partial charge < -0.3 is 4.52 Å². The van der Waals surface area contributed by atoms with Crippen molar-refractivity contribution < 1.29 is 4.52 Å². The first-order chi connectivity index (χ1) is 5.79. The summed E-state index contributed by atoms with van der Waals surface area (Å²) in [6, 6.07) is 1.82. The lowest BCUT2D eigenvalue weighted by molar-refractivity contribution is 0.422. The van der Waals surface area contributed by atoms with Crippen molar-refractivity contribution in [1.82, 2.24) is 14.9 Å². The molecule has 0 unspecified atom stereocenters. The van der Waals surface area contributed by atoms with Crippen LogP contribution in [0.15, 0.2) is 23.0 Å². The van der Waals surface area contributed by atoms with E-state index in [1.165, 1.54) is 0 Å². The molecule has 0 spiro atoms. The van der Waals surface area contributed by atoms with Crippen LogP contribution < -0.4 is 0 Å². The van der Waals surface area contributed by atoms with Gasteiger partial charge in [0.2, 0.25) is 0 Å². The molecule has 0 saturated carbocycles. The molecule has 0 radical (unpaired) electrons. The zero-order chi connectivity index (χ0) is 8.55. The van der Waals surface area contributed by atoms with E-state index in [2.05, 4.69) is 10.3 Å². The van der Waals surface area contributed by atoms with Crippen molar-refractivity contribution in [3.8, 4) is 11.3 Å². The average molecular weight is 163 g/mol. The Morgan fingerprint density at radius 3 is 2.83 bits per heavy atom. The first kappa shape index (κ1) is 7.09. The van der Waals surface area contributed by atoms with Crippen LogP contribution in [0, 0.1) is 6.92 Å². The molecule has 4 heteroatoms. The second kappa shape index (κ2) is 2.48. The van der Waals surface area contributed by atoms with Gasteiger partial charge >= 0.3 is 0 Å². The summed E-state index contributed by atoms with van der Waals surface area (Å²) in [5.41, 5.74) is 2.94. The van der Waals surface area contributed by atoms with Crippen molar-refractivity contribution >= 4 is 0 Å². The maximum Gasteiger partial charge on any atom is 0.124 e. The van der Waals surface area contributed by atoms with Crippen molar-refractivity contribution in [2.45, 2.75) is 6.92 Å². The molecule has 2 aromatic rings. The molecule has 2 rings (SSSR count). The molecule has 0 atom stereocenters. The minimum absolute atomic E-state index is 0.834. The first-order valence-electron chi connectivity index (χ1n) is 3.68. The molecule has 0 aliphatic rings. The van der Waals surface area contributed by atoms with Crippen molar-refractivity contribution in [2.24, 2.45) is 7.05 Å². The van der Waals surface area contributed by atoms with E-state index in [-0.39, 0.29) is 0 Å². The van der Waals surface area contributed by atoms with E-state index in [4.69, 9.17) is 4.52 Å². The smallest absolute Gasteiger partial charge is 0.124 e. The van der Waals surface area contributed by atoms with Crippen LogP contribution >= 0.6 is 0 Å². The van der Waals surface area contributed by atoms with Gasteiger partial charge in [0.1, 0.15) is 12.0 Å². The molecular weight excluding hydrogens is 154 g/mol. The topological polar surface area (TPSA) is 43.9 Å². The number of aryl methyl sites for hydroxylation is 1. The van der Waals surface area contributed by atoms with Gasteiger partial charge in [0.15, 0.2) is 0 Å². The van der Waals surface area contributed by atoms with Gasteiger partial charge in [-0.2, -0.15) is 5.10 Å². The zero-order valence-corrected chi connectivity index (χ0v) is 6.98. The number of rotatable bonds is 1. The monoisotopic (exact) mass is 163 g/mol. The summed E-state index contributed by atoms with van der Waals surface area (Å²) in [5.74, 6) is 0. The molecule has 0 amide bonds. The van der Waals surface area contributed by atoms with E-state index in [1.54, 1.807) is 12.5 Å².